The Morgan fingerprint density at radius 3 is 2.18 bits per heavy atom. The fraction of sp³-hybridized carbons (Fsp3) is 0.729. The van der Waals surface area contributed by atoms with E-state index >= 15 is 0 Å². The average Bonchev–Trinajstić information content (AvgIpc) is 4.11. The smallest absolute Gasteiger partial charge is 0.250 e. The van der Waals surface area contributed by atoms with E-state index in [-0.39, 0.29) is 109 Å². The zero-order valence-corrected chi connectivity index (χ0v) is 48.0. The zero-order valence-electron chi connectivity index (χ0n) is 48.0. The number of imide groups is 1. The van der Waals surface area contributed by atoms with Crippen LogP contribution in [0.3, 0.4) is 0 Å². The number of rotatable bonds is 31. The molecule has 76 heavy (non-hydrogen) atoms. The summed E-state index contributed by atoms with van der Waals surface area (Å²) in [4.78, 5) is 125. The van der Waals surface area contributed by atoms with E-state index in [0.717, 1.165) is 35.7 Å². The minimum Gasteiger partial charge on any atom is -0.379 e. The van der Waals surface area contributed by atoms with E-state index in [9.17, 15) is 38.4 Å². The number of aromatic amines is 1. The summed E-state index contributed by atoms with van der Waals surface area (Å²) >= 11 is 0. The Balaban J connectivity index is 1.22. The van der Waals surface area contributed by atoms with Crippen molar-refractivity contribution in [1.82, 2.24) is 29.6 Å². The number of nitrogens with zero attached hydrogens (tertiary/aromatic N) is 5. The van der Waals surface area contributed by atoms with Gasteiger partial charge in [0.1, 0.15) is 11.6 Å². The van der Waals surface area contributed by atoms with Gasteiger partial charge in [0.25, 0.3) is 0 Å². The van der Waals surface area contributed by atoms with E-state index in [1.807, 2.05) is 95.8 Å². The summed E-state index contributed by atoms with van der Waals surface area (Å²) in [5.41, 5.74) is 1.91. The molecule has 0 bridgehead atoms. The Morgan fingerprint density at radius 1 is 0.855 bits per heavy atom. The summed E-state index contributed by atoms with van der Waals surface area (Å²) in [6.07, 6.45) is 6.47. The largest absolute Gasteiger partial charge is 0.379 e. The Kier molecular flexibility index (Phi) is 23.8. The highest BCUT2D eigenvalue weighted by molar-refractivity contribution is 6.03. The van der Waals surface area contributed by atoms with Crippen molar-refractivity contribution in [3.05, 3.63) is 36.0 Å². The number of benzene rings is 1. The van der Waals surface area contributed by atoms with Crippen LogP contribution in [-0.4, -0.2) is 168 Å². The molecule has 10 atom stereocenters. The Hall–Kier alpha value is -4.84. The highest BCUT2D eigenvalue weighted by atomic mass is 16.7. The predicted molar refractivity (Wildman–Crippen MR) is 291 cm³/mol. The predicted octanol–water partition coefficient (Wildman–Crippen LogP) is 7.47. The van der Waals surface area contributed by atoms with Gasteiger partial charge in [-0.25, -0.2) is 5.06 Å². The number of amides is 5. The molecule has 3 saturated heterocycles. The first kappa shape index (κ1) is 62.0. The second kappa shape index (κ2) is 29.2. The number of methoxy groups -OCH3 is 2. The molecular formula is C59H92N6O11. The van der Waals surface area contributed by atoms with Gasteiger partial charge in [-0.15, -0.1) is 0 Å². The molecule has 2 aromatic rings. The number of hydrogen-bond acceptors (Lipinski definition) is 12. The van der Waals surface area contributed by atoms with E-state index in [0.29, 0.717) is 64.8 Å². The van der Waals surface area contributed by atoms with E-state index in [1.54, 1.807) is 33.1 Å². The van der Waals surface area contributed by atoms with Gasteiger partial charge in [-0.1, -0.05) is 80.0 Å². The van der Waals surface area contributed by atoms with Gasteiger partial charge in [0.2, 0.25) is 29.5 Å². The van der Waals surface area contributed by atoms with Crippen LogP contribution in [0.25, 0.3) is 10.9 Å². The van der Waals surface area contributed by atoms with Crippen LogP contribution in [-0.2, 0) is 59.1 Å². The second-order valence-corrected chi connectivity index (χ2v) is 22.9. The maximum Gasteiger partial charge on any atom is 0.250 e. The van der Waals surface area contributed by atoms with Crippen molar-refractivity contribution in [2.75, 3.05) is 61.1 Å². The van der Waals surface area contributed by atoms with Gasteiger partial charge >= 0.3 is 0 Å². The molecule has 424 valence electrons. The van der Waals surface area contributed by atoms with Crippen molar-refractivity contribution in [2.45, 2.75) is 176 Å². The van der Waals surface area contributed by atoms with Gasteiger partial charge < -0.3 is 24.3 Å². The number of hydroxylamine groups is 2. The van der Waals surface area contributed by atoms with Crippen molar-refractivity contribution in [3.63, 3.8) is 0 Å². The van der Waals surface area contributed by atoms with E-state index in [2.05, 4.69) is 4.98 Å². The van der Waals surface area contributed by atoms with E-state index < -0.39 is 48.1 Å². The van der Waals surface area contributed by atoms with Gasteiger partial charge in [-0.2, -0.15) is 0 Å². The molecule has 4 heterocycles. The van der Waals surface area contributed by atoms with Gasteiger partial charge in [0.15, 0.2) is 5.78 Å². The van der Waals surface area contributed by atoms with Crippen molar-refractivity contribution in [1.29, 1.82) is 0 Å². The van der Waals surface area contributed by atoms with Gasteiger partial charge in [-0.05, 0) is 87.9 Å². The van der Waals surface area contributed by atoms with Crippen LogP contribution in [0.15, 0.2) is 30.5 Å². The van der Waals surface area contributed by atoms with Crippen molar-refractivity contribution >= 4 is 57.8 Å². The lowest BCUT2D eigenvalue weighted by Crippen LogP contribution is -2.54. The second-order valence-electron chi connectivity index (χ2n) is 22.9. The van der Waals surface area contributed by atoms with Crippen LogP contribution < -0.4 is 0 Å². The first-order valence-corrected chi connectivity index (χ1v) is 28.4. The molecule has 0 radical (unpaired) electrons. The molecule has 1 unspecified atom stereocenters. The minimum atomic E-state index is -0.680. The number of Topliss-reactive ketones (excluding diaryl/α,β-unsaturated/α-hetero) is 3. The number of ketones is 3. The lowest BCUT2D eigenvalue weighted by Gasteiger charge is -2.41. The summed E-state index contributed by atoms with van der Waals surface area (Å²) in [6, 6.07) is 6.52. The highest BCUT2D eigenvalue weighted by Crippen LogP contribution is 2.33. The topological polar surface area (TPSA) is 196 Å². The molecule has 1 aromatic heterocycles. The number of fused-ring (bicyclic) bond motifs is 1. The number of carbonyl (C=O) groups is 8. The number of para-hydroxylation sites is 1. The maximum absolute atomic E-state index is 14.8. The summed E-state index contributed by atoms with van der Waals surface area (Å²) < 4.78 is 12.3. The fourth-order valence-electron chi connectivity index (χ4n) is 12.2. The third-order valence-electron chi connectivity index (χ3n) is 16.8. The zero-order chi connectivity index (χ0) is 56.0. The molecular weight excluding hydrogens is 969 g/mol. The van der Waals surface area contributed by atoms with Crippen molar-refractivity contribution < 1.29 is 52.7 Å². The van der Waals surface area contributed by atoms with E-state index in [4.69, 9.17) is 14.3 Å². The van der Waals surface area contributed by atoms with Crippen LogP contribution in [0, 0.1) is 41.4 Å². The summed E-state index contributed by atoms with van der Waals surface area (Å²) in [7, 11) is 6.77. The van der Waals surface area contributed by atoms with E-state index in [1.165, 1.54) is 9.96 Å². The Bertz CT molecular complexity index is 2290. The molecule has 3 aliphatic heterocycles. The molecule has 1 N–H and O–H groups in total. The average molecular weight is 1060 g/mol. The van der Waals surface area contributed by atoms with Crippen LogP contribution >= 0.6 is 0 Å². The van der Waals surface area contributed by atoms with Crippen LogP contribution in [0.1, 0.15) is 144 Å². The number of hydrogen-bond donors (Lipinski definition) is 1. The third-order valence-corrected chi connectivity index (χ3v) is 16.8. The molecule has 1 aromatic carbocycles. The number of aromatic nitrogens is 1. The first-order valence-electron chi connectivity index (χ1n) is 28.4. The number of nitrogens with one attached hydrogen (secondary N) is 1. The standard InChI is InChI=1S/C59H92N6O11/c1-13-39(6)55(62(10)59(73)46(37(2)3)34-50(68)54(38(4)5)61(9)26-18-21-44(66)22-19-28-64-52(69)31-40(7)57(64)71)51(74-11)35-53(70)63-27-20-25-48(63)56(75-12)41(8)49(67)33-42(58(72)65-29-16-17-30-76-65)32-43-36-60-47-24-15-14-23-45(43)47/h14-15,23-24,36-42,46,48,51,54-56,60H,13,16-22,25-35H2,1-12H3/t39-,40?,41-,42+,46-,48-,51+,54-,55-,56+/m0/s1. The van der Waals surface area contributed by atoms with Crippen LogP contribution in [0.2, 0.25) is 0 Å². The molecule has 3 fully saturated rings. The normalized spacial score (nSPS) is 20.5. The Labute approximate surface area is 452 Å². The van der Waals surface area contributed by atoms with Gasteiger partial charge in [-0.3, -0.25) is 53.0 Å². The fourth-order valence-corrected chi connectivity index (χ4v) is 12.2. The lowest BCUT2D eigenvalue weighted by molar-refractivity contribution is -0.201. The molecule has 5 amide bonds. The monoisotopic (exact) mass is 1060 g/mol. The number of likely N-dealkylation sites (N-methyl/N-ethyl adjacent to an activating group) is 2. The van der Waals surface area contributed by atoms with Crippen LogP contribution in [0.5, 0.6) is 0 Å². The quantitative estimate of drug-likeness (QED) is 0.0733. The summed E-state index contributed by atoms with van der Waals surface area (Å²) in [5, 5.41) is 2.43. The SMILES string of the molecule is CC[C@H](C)[C@@H]([C@@H](CC(=O)N1CCC[C@H]1[C@H](OC)[C@@H](C)C(=O)C[C@@H](Cc1c[nH]c2ccccc12)C(=O)N1CCCCO1)OC)N(C)C(=O)[C@@H](CC(=O)[C@H](C(C)C)N(C)CCCC(=O)CCCN1C(=O)CC(C)C1=O)C(C)C. The molecule has 17 heteroatoms. The summed E-state index contributed by atoms with van der Waals surface area (Å²) in [6.45, 7) is 17.7. The third kappa shape index (κ3) is 15.7. The van der Waals surface area contributed by atoms with Gasteiger partial charge in [0.05, 0.1) is 49.3 Å². The minimum absolute atomic E-state index is 0.0134. The number of likely N-dealkylation sites (tertiary alicyclic amines) is 2. The number of ether oxygens (including phenoxy) is 2. The Morgan fingerprint density at radius 2 is 1.57 bits per heavy atom. The number of H-pyrrole nitrogens is 1. The molecule has 0 spiro atoms. The maximum atomic E-state index is 14.8. The lowest BCUT2D eigenvalue weighted by atomic mass is 9.83. The molecule has 17 nitrogen and oxygen atoms in total. The molecule has 3 aliphatic rings. The molecule has 0 aliphatic carbocycles. The number of carbonyl (C=O) groups excluding carboxylic acids is 8. The first-order chi connectivity index (χ1) is 36.1. The molecule has 0 saturated carbocycles. The summed E-state index contributed by atoms with van der Waals surface area (Å²) in [5.74, 6) is -3.62. The van der Waals surface area contributed by atoms with Crippen LogP contribution in [0.4, 0.5) is 0 Å². The van der Waals surface area contributed by atoms with Gasteiger partial charge in [0, 0.05) is 108 Å². The highest BCUT2D eigenvalue weighted by Gasteiger charge is 2.44. The molecule has 5 rings (SSSR count). The van der Waals surface area contributed by atoms with Crippen molar-refractivity contribution in [3.8, 4) is 0 Å². The van der Waals surface area contributed by atoms with Crippen molar-refractivity contribution in [2.24, 2.45) is 41.4 Å².